The molecule has 0 heterocycles. The van der Waals surface area contributed by atoms with Gasteiger partial charge >= 0.3 is 6.20 Å². The van der Waals surface area contributed by atoms with Gasteiger partial charge in [0.2, 0.25) is 5.39 Å². The van der Waals surface area contributed by atoms with Crippen molar-refractivity contribution in [3.8, 4) is 5.75 Å². The van der Waals surface area contributed by atoms with Gasteiger partial charge in [-0.1, -0.05) is 18.2 Å². The van der Waals surface area contributed by atoms with Crippen molar-refractivity contribution in [3.63, 3.8) is 0 Å². The highest BCUT2D eigenvalue weighted by atomic mass is 16.3. The number of nitrogens with zero attached hydrogens (tertiary/aromatic N) is 2. The summed E-state index contributed by atoms with van der Waals surface area (Å²) in [6.07, 6.45) is 0.641. The molecule has 0 spiro atoms. The summed E-state index contributed by atoms with van der Waals surface area (Å²) in [4.78, 5) is 14.2. The Balaban J connectivity index is 1.99. The summed E-state index contributed by atoms with van der Waals surface area (Å²) in [5.74, 6) is -1.27. The van der Waals surface area contributed by atoms with E-state index in [0.717, 1.165) is 11.3 Å². The zero-order valence-corrected chi connectivity index (χ0v) is 12.1. The number of benzene rings is 2. The fourth-order valence-electron chi connectivity index (χ4n) is 1.83. The van der Waals surface area contributed by atoms with E-state index in [1.165, 1.54) is 0 Å². The number of carbonyl (C=O) groups excluding carboxylic acids is 1. The van der Waals surface area contributed by atoms with Gasteiger partial charge in [0.05, 0.1) is 0 Å². The maximum absolute atomic E-state index is 11.6. The van der Waals surface area contributed by atoms with Crippen LogP contribution in [0.5, 0.6) is 5.75 Å². The van der Waals surface area contributed by atoms with E-state index in [-0.39, 0.29) is 5.75 Å². The summed E-state index contributed by atoms with van der Waals surface area (Å²) >= 11 is 0. The molecule has 0 fully saturated rings. The fraction of sp³-hybridized carbons (Fsp3) is 0.0625. The topological polar surface area (TPSA) is 110 Å². The van der Waals surface area contributed by atoms with Gasteiger partial charge in [-0.2, -0.15) is 0 Å². The first-order chi connectivity index (χ1) is 11.1. The largest absolute Gasteiger partial charge is 0.508 e. The molecule has 7 nitrogen and oxygen atoms in total. The van der Waals surface area contributed by atoms with E-state index in [0.29, 0.717) is 18.4 Å². The minimum atomic E-state index is -0.779. The number of anilines is 2. The maximum atomic E-state index is 11.6. The van der Waals surface area contributed by atoms with E-state index in [2.05, 4.69) is 15.6 Å². The van der Waals surface area contributed by atoms with Crippen molar-refractivity contribution < 1.29 is 15.0 Å². The van der Waals surface area contributed by atoms with Crippen molar-refractivity contribution in [2.45, 2.75) is 6.54 Å². The van der Waals surface area contributed by atoms with Gasteiger partial charge in [-0.05, 0) is 35.9 Å². The average molecular weight is 311 g/mol. The Hall–Kier alpha value is -3.53. The second-order valence-corrected chi connectivity index (χ2v) is 4.68. The lowest BCUT2D eigenvalue weighted by atomic mass is 10.2. The summed E-state index contributed by atoms with van der Waals surface area (Å²) < 4.78 is 0. The van der Waals surface area contributed by atoms with Gasteiger partial charge in [-0.25, -0.2) is 0 Å². The SMILES string of the molecule is N#[N+]/C=C(/O)C(=O)Nc1cccc(NCc2ccc(O)cc2)c1. The third-order valence-electron chi connectivity index (χ3n) is 2.97. The van der Waals surface area contributed by atoms with Gasteiger partial charge < -0.3 is 20.8 Å². The molecular formula is C16H15N4O3+. The smallest absolute Gasteiger partial charge is 0.397 e. The maximum Gasteiger partial charge on any atom is 0.397 e. The minimum Gasteiger partial charge on any atom is -0.508 e. The number of aliphatic hydroxyl groups is 1. The van der Waals surface area contributed by atoms with Gasteiger partial charge in [0.25, 0.3) is 11.7 Å². The molecule has 1 amide bonds. The number of phenols is 1. The molecule has 2 rings (SSSR count). The standard InChI is InChI=1S/C16H14N4O3/c17-19-10-15(22)16(23)20-13-3-1-2-12(8-13)18-9-11-4-6-14(21)7-5-11/h1-8,10,18H,9H2,(H2-,20,21,22,23)/p+1/b15-10+. The zero-order valence-electron chi connectivity index (χ0n) is 12.1. The molecule has 0 radical (unpaired) electrons. The Labute approximate surface area is 132 Å². The molecule has 0 aliphatic rings. The third-order valence-corrected chi connectivity index (χ3v) is 2.97. The van der Waals surface area contributed by atoms with E-state index in [1.807, 2.05) is 6.07 Å². The Morgan fingerprint density at radius 1 is 1.17 bits per heavy atom. The van der Waals surface area contributed by atoms with Gasteiger partial charge in [-0.3, -0.25) is 4.79 Å². The van der Waals surface area contributed by atoms with Crippen molar-refractivity contribution in [2.75, 3.05) is 10.6 Å². The molecule has 0 aliphatic heterocycles. The highest BCUT2D eigenvalue weighted by Gasteiger charge is 2.12. The number of diazo groups is 1. The molecule has 2 aromatic rings. The van der Waals surface area contributed by atoms with Crippen LogP contribution in [0.3, 0.4) is 0 Å². The number of nitrogens with one attached hydrogen (secondary N) is 2. The van der Waals surface area contributed by atoms with Crippen LogP contribution in [0.2, 0.25) is 0 Å². The van der Waals surface area contributed by atoms with Crippen molar-refractivity contribution in [1.29, 1.82) is 5.39 Å². The number of amides is 1. The summed E-state index contributed by atoms with van der Waals surface area (Å²) in [7, 11) is 0. The predicted molar refractivity (Wildman–Crippen MR) is 86.3 cm³/mol. The van der Waals surface area contributed by atoms with Crippen LogP contribution in [0.15, 0.2) is 60.5 Å². The number of carbonyl (C=O) groups is 1. The van der Waals surface area contributed by atoms with E-state index in [1.54, 1.807) is 42.5 Å². The molecule has 0 unspecified atom stereocenters. The van der Waals surface area contributed by atoms with Crippen LogP contribution < -0.4 is 10.6 Å². The van der Waals surface area contributed by atoms with Gasteiger partial charge in [0.15, 0.2) is 4.98 Å². The molecule has 0 atom stereocenters. The first-order valence-electron chi connectivity index (χ1n) is 6.75. The molecule has 0 saturated heterocycles. The van der Waals surface area contributed by atoms with Crippen LogP contribution in [-0.2, 0) is 11.3 Å². The van der Waals surface area contributed by atoms with Crippen LogP contribution in [0.1, 0.15) is 5.56 Å². The lowest BCUT2D eigenvalue weighted by molar-refractivity contribution is -0.115. The lowest BCUT2D eigenvalue weighted by Gasteiger charge is -2.09. The Morgan fingerprint density at radius 2 is 1.87 bits per heavy atom. The van der Waals surface area contributed by atoms with E-state index < -0.39 is 11.7 Å². The van der Waals surface area contributed by atoms with Crippen molar-refractivity contribution in [3.05, 3.63) is 71.0 Å². The molecule has 0 aliphatic carbocycles. The number of phenolic OH excluding ortho intramolecular Hbond substituents is 1. The molecule has 4 N–H and O–H groups in total. The zero-order chi connectivity index (χ0) is 16.7. The predicted octanol–water partition coefficient (Wildman–Crippen LogP) is 3.20. The molecule has 2 aromatic carbocycles. The van der Waals surface area contributed by atoms with Crippen LogP contribution >= 0.6 is 0 Å². The van der Waals surface area contributed by atoms with Gasteiger partial charge in [0, 0.05) is 17.9 Å². The first-order valence-corrected chi connectivity index (χ1v) is 6.75. The van der Waals surface area contributed by atoms with Crippen molar-refractivity contribution >= 4 is 17.3 Å². The molecule has 7 heteroatoms. The number of hydrogen-bond donors (Lipinski definition) is 4. The van der Waals surface area contributed by atoms with Gasteiger partial charge in [0.1, 0.15) is 5.75 Å². The van der Waals surface area contributed by atoms with Crippen LogP contribution in [-0.4, -0.2) is 16.1 Å². The minimum absolute atomic E-state index is 0.209. The number of rotatable bonds is 5. The normalized spacial score (nSPS) is 10.7. The Bertz CT molecular complexity index is 764. The third kappa shape index (κ3) is 4.75. The monoisotopic (exact) mass is 311 g/mol. The molecule has 0 bridgehead atoms. The van der Waals surface area contributed by atoms with E-state index in [4.69, 9.17) is 5.39 Å². The summed E-state index contributed by atoms with van der Waals surface area (Å²) in [5, 5.41) is 32.4. The molecule has 0 aromatic heterocycles. The first kappa shape index (κ1) is 15.9. The highest BCUT2D eigenvalue weighted by molar-refractivity contribution is 6.02. The quantitative estimate of drug-likeness (QED) is 0.385. The summed E-state index contributed by atoms with van der Waals surface area (Å²) in [5.41, 5.74) is 2.23. The number of hydrogen-bond acceptors (Lipinski definition) is 5. The number of aliphatic hydroxyl groups excluding tert-OH is 1. The average Bonchev–Trinajstić information content (AvgIpc) is 2.55. The molecule has 23 heavy (non-hydrogen) atoms. The molecular weight excluding hydrogens is 296 g/mol. The molecule has 0 saturated carbocycles. The van der Waals surface area contributed by atoms with Crippen LogP contribution in [0.4, 0.5) is 11.4 Å². The van der Waals surface area contributed by atoms with Crippen LogP contribution in [0.25, 0.3) is 4.98 Å². The molecule has 116 valence electrons. The number of aromatic hydroxyl groups is 1. The fourth-order valence-corrected chi connectivity index (χ4v) is 1.83. The van der Waals surface area contributed by atoms with E-state index >= 15 is 0 Å². The summed E-state index contributed by atoms with van der Waals surface area (Å²) in [6, 6.07) is 13.7. The lowest BCUT2D eigenvalue weighted by Crippen LogP contribution is -2.14. The van der Waals surface area contributed by atoms with Crippen molar-refractivity contribution in [2.24, 2.45) is 0 Å². The van der Waals surface area contributed by atoms with E-state index in [9.17, 15) is 15.0 Å². The Morgan fingerprint density at radius 3 is 2.57 bits per heavy atom. The second kappa shape index (κ2) is 7.47. The Kier molecular flexibility index (Phi) is 5.15. The summed E-state index contributed by atoms with van der Waals surface area (Å²) in [6.45, 7) is 0.548. The van der Waals surface area contributed by atoms with Gasteiger partial charge in [-0.15, -0.1) is 0 Å². The highest BCUT2D eigenvalue weighted by Crippen LogP contribution is 2.17. The van der Waals surface area contributed by atoms with Crippen molar-refractivity contribution in [1.82, 2.24) is 0 Å². The van der Waals surface area contributed by atoms with Crippen LogP contribution in [0, 0.1) is 5.39 Å². The second-order valence-electron chi connectivity index (χ2n) is 4.68.